The predicted molar refractivity (Wildman–Crippen MR) is 44.1 cm³/mol. The Bertz CT molecular complexity index is 330. The number of ketones is 1. The van der Waals surface area contributed by atoms with E-state index in [2.05, 4.69) is 6.07 Å². The minimum atomic E-state index is 0.210. The van der Waals surface area contributed by atoms with Gasteiger partial charge in [-0.15, -0.1) is 0 Å². The van der Waals surface area contributed by atoms with Crippen LogP contribution in [0.1, 0.15) is 19.3 Å². The first-order chi connectivity index (χ1) is 5.81. The standard InChI is InChI=1S/C10H9NO/c11-6-7-1-3-8(4-2-7)9-5-10(9)12/h1,3,9H,2,4-5H2. The summed E-state index contributed by atoms with van der Waals surface area (Å²) >= 11 is 0. The van der Waals surface area contributed by atoms with E-state index >= 15 is 0 Å². The fourth-order valence-corrected chi connectivity index (χ4v) is 1.52. The SMILES string of the molecule is N#CC1=CC=C(C2CC2=O)CC1. The van der Waals surface area contributed by atoms with E-state index in [9.17, 15) is 4.79 Å². The van der Waals surface area contributed by atoms with Gasteiger partial charge < -0.3 is 0 Å². The minimum absolute atomic E-state index is 0.210. The molecule has 0 aromatic heterocycles. The molecule has 2 rings (SSSR count). The monoisotopic (exact) mass is 159 g/mol. The molecule has 2 aliphatic carbocycles. The minimum Gasteiger partial charge on any atom is -0.299 e. The van der Waals surface area contributed by atoms with Crippen LogP contribution in [0.25, 0.3) is 0 Å². The maximum atomic E-state index is 10.8. The third-order valence-corrected chi connectivity index (χ3v) is 2.41. The second kappa shape index (κ2) is 2.60. The lowest BCUT2D eigenvalue weighted by atomic mass is 9.96. The van der Waals surface area contributed by atoms with E-state index in [0.29, 0.717) is 5.78 Å². The molecule has 0 heterocycles. The van der Waals surface area contributed by atoms with E-state index in [1.54, 1.807) is 0 Å². The van der Waals surface area contributed by atoms with Gasteiger partial charge in [0.05, 0.1) is 6.07 Å². The van der Waals surface area contributed by atoms with Gasteiger partial charge in [0.25, 0.3) is 0 Å². The molecule has 1 atom stereocenters. The lowest BCUT2D eigenvalue weighted by Crippen LogP contribution is -1.95. The van der Waals surface area contributed by atoms with Crippen LogP contribution in [0.2, 0.25) is 0 Å². The van der Waals surface area contributed by atoms with Crippen molar-refractivity contribution >= 4 is 5.78 Å². The largest absolute Gasteiger partial charge is 0.299 e. The van der Waals surface area contributed by atoms with Crippen molar-refractivity contribution < 1.29 is 4.79 Å². The summed E-state index contributed by atoms with van der Waals surface area (Å²) in [5, 5.41) is 8.57. The zero-order chi connectivity index (χ0) is 8.55. The summed E-state index contributed by atoms with van der Waals surface area (Å²) in [5.41, 5.74) is 2.05. The Morgan fingerprint density at radius 3 is 2.58 bits per heavy atom. The van der Waals surface area contributed by atoms with Crippen LogP contribution in [0.15, 0.2) is 23.3 Å². The summed E-state index contributed by atoms with van der Waals surface area (Å²) in [7, 11) is 0. The molecule has 0 amide bonds. The zero-order valence-corrected chi connectivity index (χ0v) is 6.71. The van der Waals surface area contributed by atoms with Crippen molar-refractivity contribution in [3.8, 4) is 6.07 Å². The van der Waals surface area contributed by atoms with E-state index in [1.165, 1.54) is 5.57 Å². The number of Topliss-reactive ketones (excluding diaryl/α,β-unsaturated/α-hetero) is 1. The van der Waals surface area contributed by atoms with Crippen molar-refractivity contribution in [2.75, 3.05) is 0 Å². The average molecular weight is 159 g/mol. The molecule has 0 aliphatic heterocycles. The number of hydrogen-bond donors (Lipinski definition) is 0. The number of carbonyl (C=O) groups excluding carboxylic acids is 1. The Morgan fingerprint density at radius 1 is 1.42 bits per heavy atom. The number of carbonyl (C=O) groups is 1. The molecule has 0 aromatic carbocycles. The summed E-state index contributed by atoms with van der Waals surface area (Å²) < 4.78 is 0. The van der Waals surface area contributed by atoms with Crippen molar-refractivity contribution in [2.45, 2.75) is 19.3 Å². The van der Waals surface area contributed by atoms with Crippen molar-refractivity contribution in [2.24, 2.45) is 5.92 Å². The van der Waals surface area contributed by atoms with Gasteiger partial charge in [-0.3, -0.25) is 4.79 Å². The normalized spacial score (nSPS) is 27.2. The third-order valence-electron chi connectivity index (χ3n) is 2.41. The van der Waals surface area contributed by atoms with Crippen LogP contribution in [0.4, 0.5) is 0 Å². The van der Waals surface area contributed by atoms with Gasteiger partial charge in [-0.1, -0.05) is 11.6 Å². The molecule has 1 saturated carbocycles. The lowest BCUT2D eigenvalue weighted by Gasteiger charge is -2.07. The highest BCUT2D eigenvalue weighted by atomic mass is 16.1. The van der Waals surface area contributed by atoms with E-state index in [1.807, 2.05) is 12.2 Å². The van der Waals surface area contributed by atoms with Gasteiger partial charge in [0.15, 0.2) is 0 Å². The van der Waals surface area contributed by atoms with Crippen LogP contribution in [-0.2, 0) is 4.79 Å². The molecular formula is C10H9NO. The van der Waals surface area contributed by atoms with Gasteiger partial charge >= 0.3 is 0 Å². The molecule has 2 nitrogen and oxygen atoms in total. The highest BCUT2D eigenvalue weighted by Crippen LogP contribution is 2.36. The highest BCUT2D eigenvalue weighted by molar-refractivity contribution is 5.99. The Labute approximate surface area is 71.2 Å². The molecule has 12 heavy (non-hydrogen) atoms. The molecule has 1 fully saturated rings. The Balaban J connectivity index is 2.12. The van der Waals surface area contributed by atoms with Crippen LogP contribution < -0.4 is 0 Å². The first kappa shape index (κ1) is 7.30. The quantitative estimate of drug-likeness (QED) is 0.584. The number of hydrogen-bond acceptors (Lipinski definition) is 2. The van der Waals surface area contributed by atoms with Crippen LogP contribution in [0.5, 0.6) is 0 Å². The fraction of sp³-hybridized carbons (Fsp3) is 0.400. The van der Waals surface area contributed by atoms with Gasteiger partial charge in [0.2, 0.25) is 0 Å². The third kappa shape index (κ3) is 1.18. The summed E-state index contributed by atoms with van der Waals surface area (Å²) in [6.45, 7) is 0. The van der Waals surface area contributed by atoms with Crippen molar-refractivity contribution in [3.63, 3.8) is 0 Å². The first-order valence-corrected chi connectivity index (χ1v) is 4.13. The zero-order valence-electron chi connectivity index (χ0n) is 6.71. The van der Waals surface area contributed by atoms with E-state index in [4.69, 9.17) is 5.26 Å². The Hall–Kier alpha value is -1.36. The van der Waals surface area contributed by atoms with Crippen LogP contribution in [-0.4, -0.2) is 5.78 Å². The van der Waals surface area contributed by atoms with Gasteiger partial charge in [0.1, 0.15) is 5.78 Å². The molecule has 0 bridgehead atoms. The van der Waals surface area contributed by atoms with Gasteiger partial charge in [0, 0.05) is 17.9 Å². The van der Waals surface area contributed by atoms with Gasteiger partial charge in [-0.25, -0.2) is 0 Å². The summed E-state index contributed by atoms with van der Waals surface area (Å²) in [4.78, 5) is 10.8. The van der Waals surface area contributed by atoms with Crippen LogP contribution in [0, 0.1) is 17.2 Å². The summed E-state index contributed by atoms with van der Waals surface area (Å²) in [6.07, 6.45) is 6.21. The predicted octanol–water partition coefficient (Wildman–Crippen LogP) is 1.75. The molecule has 1 unspecified atom stereocenters. The van der Waals surface area contributed by atoms with E-state index in [0.717, 1.165) is 24.8 Å². The summed E-state index contributed by atoms with van der Waals surface area (Å²) in [5.74, 6) is 0.566. The van der Waals surface area contributed by atoms with Crippen molar-refractivity contribution in [1.82, 2.24) is 0 Å². The molecule has 60 valence electrons. The maximum Gasteiger partial charge on any atom is 0.141 e. The van der Waals surface area contributed by atoms with Gasteiger partial charge in [-0.05, 0) is 18.9 Å². The van der Waals surface area contributed by atoms with E-state index in [-0.39, 0.29) is 5.92 Å². The van der Waals surface area contributed by atoms with E-state index < -0.39 is 0 Å². The molecule has 2 heteroatoms. The molecule has 0 N–H and O–H groups in total. The van der Waals surface area contributed by atoms with Crippen molar-refractivity contribution in [1.29, 1.82) is 5.26 Å². The number of allylic oxidation sites excluding steroid dienone is 4. The molecular weight excluding hydrogens is 150 g/mol. The van der Waals surface area contributed by atoms with Crippen LogP contribution >= 0.6 is 0 Å². The molecule has 0 radical (unpaired) electrons. The Morgan fingerprint density at radius 2 is 2.17 bits per heavy atom. The van der Waals surface area contributed by atoms with Crippen LogP contribution in [0.3, 0.4) is 0 Å². The van der Waals surface area contributed by atoms with Gasteiger partial charge in [-0.2, -0.15) is 5.26 Å². The number of nitriles is 1. The first-order valence-electron chi connectivity index (χ1n) is 4.13. The second-order valence-electron chi connectivity index (χ2n) is 3.27. The summed E-state index contributed by atoms with van der Waals surface area (Å²) in [6, 6.07) is 2.13. The second-order valence-corrected chi connectivity index (χ2v) is 3.27. The topological polar surface area (TPSA) is 40.9 Å². The number of rotatable bonds is 1. The number of nitrogens with zero attached hydrogens (tertiary/aromatic N) is 1. The molecule has 0 aromatic rings. The fourth-order valence-electron chi connectivity index (χ4n) is 1.52. The smallest absolute Gasteiger partial charge is 0.141 e. The average Bonchev–Trinajstić information content (AvgIpc) is 2.83. The highest BCUT2D eigenvalue weighted by Gasteiger charge is 2.37. The lowest BCUT2D eigenvalue weighted by molar-refractivity contribution is -0.110. The molecule has 2 aliphatic rings. The van der Waals surface area contributed by atoms with Crippen molar-refractivity contribution in [3.05, 3.63) is 23.3 Å². The molecule has 0 saturated heterocycles. The maximum absolute atomic E-state index is 10.8. The molecule has 0 spiro atoms. The Kier molecular flexibility index (Phi) is 1.58.